The molecule has 5 heterocycles. The maximum atomic E-state index is 15.3. The summed E-state index contributed by atoms with van der Waals surface area (Å²) in [5.74, 6) is 0.347. The summed E-state index contributed by atoms with van der Waals surface area (Å²) < 4.78 is 24.7. The SMILES string of the molecule is CN1CC(Oc2ccc(Nc3cc(-c4cc(F)cc(N5CCn6c(cc7c6CCCC7)C5=O)c4CO)cn(C)c3=O)nc2)C1. The van der Waals surface area contributed by atoms with Crippen LogP contribution in [0.15, 0.2) is 53.6 Å². The Labute approximate surface area is 254 Å². The van der Waals surface area contributed by atoms with Crippen molar-refractivity contribution in [3.8, 4) is 16.9 Å². The van der Waals surface area contributed by atoms with E-state index >= 15 is 4.39 Å². The van der Waals surface area contributed by atoms with Crippen molar-refractivity contribution in [3.63, 3.8) is 0 Å². The fourth-order valence-electron chi connectivity index (χ4n) is 6.67. The van der Waals surface area contributed by atoms with Gasteiger partial charge in [-0.3, -0.25) is 14.5 Å². The van der Waals surface area contributed by atoms with Crippen LogP contribution in [0.5, 0.6) is 5.75 Å². The molecular weight excluding hydrogens is 563 g/mol. The Morgan fingerprint density at radius 3 is 2.64 bits per heavy atom. The fraction of sp³-hybridized carbons (Fsp3) is 0.364. The van der Waals surface area contributed by atoms with Gasteiger partial charge in [0, 0.05) is 56.2 Å². The van der Waals surface area contributed by atoms with E-state index in [0.29, 0.717) is 52.7 Å². The molecule has 2 aliphatic heterocycles. The van der Waals surface area contributed by atoms with Gasteiger partial charge in [-0.15, -0.1) is 0 Å². The van der Waals surface area contributed by atoms with Gasteiger partial charge in [0.2, 0.25) is 0 Å². The number of anilines is 3. The molecule has 11 heteroatoms. The van der Waals surface area contributed by atoms with Gasteiger partial charge in [0.15, 0.2) is 0 Å². The molecule has 0 unspecified atom stereocenters. The number of nitrogens with one attached hydrogen (secondary N) is 1. The fourth-order valence-corrected chi connectivity index (χ4v) is 6.67. The maximum Gasteiger partial charge on any atom is 0.274 e. The second kappa shape index (κ2) is 11.2. The lowest BCUT2D eigenvalue weighted by atomic mass is 9.97. The van der Waals surface area contributed by atoms with Crippen molar-refractivity contribution in [2.45, 2.75) is 44.9 Å². The Hall–Kier alpha value is -4.48. The van der Waals surface area contributed by atoms with Crippen molar-refractivity contribution < 1.29 is 19.0 Å². The van der Waals surface area contributed by atoms with E-state index in [1.54, 1.807) is 42.5 Å². The van der Waals surface area contributed by atoms with E-state index in [2.05, 4.69) is 19.8 Å². The molecular formula is C33H35FN6O4. The Bertz CT molecular complexity index is 1810. The van der Waals surface area contributed by atoms with Crippen LogP contribution in [0.25, 0.3) is 11.1 Å². The van der Waals surface area contributed by atoms with Crippen molar-refractivity contribution in [2.24, 2.45) is 7.05 Å². The number of nitrogens with zero attached hydrogens (tertiary/aromatic N) is 5. The number of pyridine rings is 2. The van der Waals surface area contributed by atoms with Crippen LogP contribution in [0.3, 0.4) is 0 Å². The van der Waals surface area contributed by atoms with Crippen molar-refractivity contribution >= 4 is 23.1 Å². The van der Waals surface area contributed by atoms with Crippen LogP contribution < -0.4 is 20.5 Å². The van der Waals surface area contributed by atoms with Crippen LogP contribution in [-0.2, 0) is 33.0 Å². The van der Waals surface area contributed by atoms with Crippen LogP contribution in [0.1, 0.15) is 40.2 Å². The molecule has 7 rings (SSSR count). The van der Waals surface area contributed by atoms with Crippen LogP contribution in [0.4, 0.5) is 21.6 Å². The molecule has 1 fully saturated rings. The molecule has 44 heavy (non-hydrogen) atoms. The highest BCUT2D eigenvalue weighted by Gasteiger charge is 2.32. The molecule has 4 aromatic rings. The zero-order valence-corrected chi connectivity index (χ0v) is 24.8. The number of likely N-dealkylation sites (N-methyl/N-ethyl adjacent to an activating group) is 1. The van der Waals surface area contributed by atoms with Gasteiger partial charge >= 0.3 is 0 Å². The molecule has 1 aliphatic carbocycles. The molecule has 10 nitrogen and oxygen atoms in total. The predicted molar refractivity (Wildman–Crippen MR) is 165 cm³/mol. The Morgan fingerprint density at radius 2 is 1.89 bits per heavy atom. The lowest BCUT2D eigenvalue weighted by Gasteiger charge is -2.35. The van der Waals surface area contributed by atoms with E-state index in [4.69, 9.17) is 4.74 Å². The van der Waals surface area contributed by atoms with Gasteiger partial charge in [0.1, 0.15) is 34.9 Å². The number of aliphatic hydroxyl groups excluding tert-OH is 1. The lowest BCUT2D eigenvalue weighted by Crippen LogP contribution is -2.51. The quantitative estimate of drug-likeness (QED) is 0.333. The number of hydrogen-bond acceptors (Lipinski definition) is 7. The number of carbonyl (C=O) groups excluding carboxylic acids is 1. The number of ether oxygens (including phenoxy) is 1. The van der Waals surface area contributed by atoms with Crippen molar-refractivity contribution in [2.75, 3.05) is 36.9 Å². The van der Waals surface area contributed by atoms with Crippen molar-refractivity contribution in [1.82, 2.24) is 19.0 Å². The summed E-state index contributed by atoms with van der Waals surface area (Å²) in [6.45, 7) is 2.28. The van der Waals surface area contributed by atoms with E-state index in [0.717, 1.165) is 38.8 Å². The normalized spacial score (nSPS) is 16.8. The van der Waals surface area contributed by atoms with Crippen molar-refractivity contribution in [1.29, 1.82) is 0 Å². The second-order valence-electron chi connectivity index (χ2n) is 11.9. The Morgan fingerprint density at radius 1 is 1.07 bits per heavy atom. The molecule has 1 saturated heterocycles. The number of amides is 1. The molecule has 3 aromatic heterocycles. The van der Waals surface area contributed by atoms with E-state index in [-0.39, 0.29) is 23.3 Å². The lowest BCUT2D eigenvalue weighted by molar-refractivity contribution is 0.0386. The first-order valence-corrected chi connectivity index (χ1v) is 15.0. The topological polar surface area (TPSA) is 105 Å². The first kappa shape index (κ1) is 28.3. The number of hydrogen-bond donors (Lipinski definition) is 2. The number of aromatic nitrogens is 3. The number of aliphatic hydroxyl groups is 1. The molecule has 2 N–H and O–H groups in total. The Balaban J connectivity index is 1.20. The summed E-state index contributed by atoms with van der Waals surface area (Å²) in [6, 6.07) is 9.77. The summed E-state index contributed by atoms with van der Waals surface area (Å²) >= 11 is 0. The van der Waals surface area contributed by atoms with Gasteiger partial charge in [-0.2, -0.15) is 0 Å². The third-order valence-electron chi connectivity index (χ3n) is 8.89. The Kier molecular flexibility index (Phi) is 7.22. The predicted octanol–water partition coefficient (Wildman–Crippen LogP) is 3.86. The number of fused-ring (bicyclic) bond motifs is 3. The summed E-state index contributed by atoms with van der Waals surface area (Å²) in [7, 11) is 3.64. The van der Waals surface area contributed by atoms with Crippen LogP contribution in [0, 0.1) is 5.82 Å². The third-order valence-corrected chi connectivity index (χ3v) is 8.89. The summed E-state index contributed by atoms with van der Waals surface area (Å²) in [6.07, 6.45) is 7.50. The molecule has 228 valence electrons. The second-order valence-corrected chi connectivity index (χ2v) is 11.9. The van der Waals surface area contributed by atoms with E-state index in [1.807, 2.05) is 13.1 Å². The highest BCUT2D eigenvalue weighted by atomic mass is 19.1. The van der Waals surface area contributed by atoms with Gasteiger partial charge < -0.3 is 29.2 Å². The molecule has 3 aliphatic rings. The third kappa shape index (κ3) is 5.05. The number of aryl methyl sites for hydroxylation is 2. The highest BCUT2D eigenvalue weighted by Crippen LogP contribution is 2.37. The number of halogens is 1. The van der Waals surface area contributed by atoms with Crippen molar-refractivity contribution in [3.05, 3.63) is 87.5 Å². The van der Waals surface area contributed by atoms with Crippen LogP contribution in [-0.4, -0.2) is 62.8 Å². The average molecular weight is 599 g/mol. The largest absolute Gasteiger partial charge is 0.486 e. The highest BCUT2D eigenvalue weighted by molar-refractivity contribution is 6.07. The van der Waals surface area contributed by atoms with Gasteiger partial charge in [0.25, 0.3) is 11.5 Å². The summed E-state index contributed by atoms with van der Waals surface area (Å²) in [4.78, 5) is 35.0. The number of carbonyl (C=O) groups is 1. The maximum absolute atomic E-state index is 15.3. The van der Waals surface area contributed by atoms with Crippen LogP contribution >= 0.6 is 0 Å². The molecule has 0 bridgehead atoms. The zero-order chi connectivity index (χ0) is 30.5. The average Bonchev–Trinajstić information content (AvgIpc) is 3.39. The van der Waals surface area contributed by atoms with Gasteiger partial charge in [-0.25, -0.2) is 9.37 Å². The van der Waals surface area contributed by atoms with Gasteiger partial charge in [-0.05, 0) is 80.3 Å². The number of benzene rings is 1. The van der Waals surface area contributed by atoms with Gasteiger partial charge in [0.05, 0.1) is 18.5 Å². The molecule has 0 radical (unpaired) electrons. The smallest absolute Gasteiger partial charge is 0.274 e. The molecule has 0 saturated carbocycles. The van der Waals surface area contributed by atoms with Gasteiger partial charge in [-0.1, -0.05) is 0 Å². The molecule has 1 amide bonds. The monoisotopic (exact) mass is 598 g/mol. The minimum absolute atomic E-state index is 0.137. The molecule has 0 spiro atoms. The van der Waals surface area contributed by atoms with E-state index in [1.165, 1.54) is 28.0 Å². The molecule has 0 atom stereocenters. The summed E-state index contributed by atoms with van der Waals surface area (Å²) in [5.41, 5.74) is 4.65. The number of likely N-dealkylation sites (tertiary alicyclic amines) is 1. The first-order chi connectivity index (χ1) is 21.3. The van der Waals surface area contributed by atoms with Crippen LogP contribution in [0.2, 0.25) is 0 Å². The standard InChI is InChI=1S/C33H35FN6O4/c1-37-17-24(18-37)44-23-7-8-31(35-15-23)36-27-11-21(16-38(2)32(27)42)25-13-22(34)14-29(26(25)19-41)40-10-9-39-28-6-4-3-5-20(28)12-30(39)33(40)43/h7-8,11-16,24,41H,3-6,9-10,17-19H2,1-2H3,(H,35,36). The minimum Gasteiger partial charge on any atom is -0.486 e. The summed E-state index contributed by atoms with van der Waals surface area (Å²) in [5, 5.41) is 13.7. The van der Waals surface area contributed by atoms with E-state index < -0.39 is 12.4 Å². The minimum atomic E-state index is -0.543. The first-order valence-electron chi connectivity index (χ1n) is 15.0. The number of rotatable bonds is 7. The molecule has 1 aromatic carbocycles. The zero-order valence-electron chi connectivity index (χ0n) is 24.8. The van der Waals surface area contributed by atoms with E-state index in [9.17, 15) is 14.7 Å².